The van der Waals surface area contributed by atoms with Crippen LogP contribution in [0, 0.1) is 17.1 Å². The van der Waals surface area contributed by atoms with Gasteiger partial charge in [0.2, 0.25) is 5.95 Å². The summed E-state index contributed by atoms with van der Waals surface area (Å²) in [6.07, 6.45) is 1.43. The van der Waals surface area contributed by atoms with Crippen molar-refractivity contribution in [2.24, 2.45) is 0 Å². The van der Waals surface area contributed by atoms with Crippen LogP contribution < -0.4 is 5.73 Å². The van der Waals surface area contributed by atoms with Crippen molar-refractivity contribution >= 4 is 28.7 Å². The normalized spacial score (nSPS) is 10.7. The van der Waals surface area contributed by atoms with E-state index in [1.54, 1.807) is 6.07 Å². The van der Waals surface area contributed by atoms with E-state index in [1.165, 1.54) is 22.9 Å². The summed E-state index contributed by atoms with van der Waals surface area (Å²) in [5, 5.41) is 9.17. The molecule has 0 aliphatic rings. The molecule has 1 aromatic carbocycles. The van der Waals surface area contributed by atoms with Crippen molar-refractivity contribution in [3.8, 4) is 11.8 Å². The summed E-state index contributed by atoms with van der Waals surface area (Å²) in [7, 11) is 0. The van der Waals surface area contributed by atoms with Gasteiger partial charge in [0.1, 0.15) is 11.3 Å². The third-order valence-corrected chi connectivity index (χ3v) is 3.01. The smallest absolute Gasteiger partial charge is 0.207 e. The average Bonchev–Trinajstić information content (AvgIpc) is 2.73. The summed E-state index contributed by atoms with van der Waals surface area (Å²) < 4.78 is 15.5. The van der Waals surface area contributed by atoms with Crippen molar-refractivity contribution in [2.45, 2.75) is 0 Å². The lowest BCUT2D eigenvalue weighted by atomic mass is 10.2. The monoisotopic (exact) mass is 287 g/mol. The molecule has 0 aliphatic heterocycles. The molecule has 3 rings (SSSR count). The van der Waals surface area contributed by atoms with E-state index >= 15 is 0 Å². The van der Waals surface area contributed by atoms with Crippen molar-refractivity contribution in [1.82, 2.24) is 14.5 Å². The topological polar surface area (TPSA) is 80.5 Å². The molecule has 0 saturated carbocycles. The zero-order chi connectivity index (χ0) is 14.3. The summed E-state index contributed by atoms with van der Waals surface area (Å²) in [6.45, 7) is 0. The summed E-state index contributed by atoms with van der Waals surface area (Å²) in [4.78, 5) is 8.21. The fraction of sp³-hybridized carbons (Fsp3) is 0. The molecule has 98 valence electrons. The Morgan fingerprint density at radius 2 is 2.15 bits per heavy atom. The number of hydrogen-bond acceptors (Lipinski definition) is 4. The highest BCUT2D eigenvalue weighted by molar-refractivity contribution is 6.31. The van der Waals surface area contributed by atoms with E-state index in [1.807, 2.05) is 6.07 Å². The Kier molecular flexibility index (Phi) is 2.77. The lowest BCUT2D eigenvalue weighted by molar-refractivity contribution is 0.619. The maximum Gasteiger partial charge on any atom is 0.207 e. The van der Waals surface area contributed by atoms with Crippen LogP contribution in [0.15, 0.2) is 30.5 Å². The number of imidazole rings is 1. The number of benzene rings is 1. The molecular formula is C13H7ClFN5. The molecule has 0 atom stereocenters. The van der Waals surface area contributed by atoms with Gasteiger partial charge in [0, 0.05) is 6.20 Å². The van der Waals surface area contributed by atoms with Gasteiger partial charge in [0.25, 0.3) is 0 Å². The van der Waals surface area contributed by atoms with Gasteiger partial charge in [-0.1, -0.05) is 11.6 Å². The number of anilines is 1. The largest absolute Gasteiger partial charge is 0.369 e. The van der Waals surface area contributed by atoms with Crippen molar-refractivity contribution in [1.29, 1.82) is 5.26 Å². The van der Waals surface area contributed by atoms with Crippen LogP contribution in [-0.2, 0) is 0 Å². The van der Waals surface area contributed by atoms with Crippen LogP contribution in [0.3, 0.4) is 0 Å². The number of rotatable bonds is 1. The molecule has 0 aliphatic carbocycles. The number of nitrogens with two attached hydrogens (primary N) is 1. The molecule has 0 radical (unpaired) electrons. The number of fused-ring (bicyclic) bond motifs is 1. The Hall–Kier alpha value is -2.65. The third-order valence-electron chi connectivity index (χ3n) is 2.81. The molecule has 0 spiro atoms. The van der Waals surface area contributed by atoms with E-state index in [4.69, 9.17) is 22.6 Å². The number of hydrogen-bond donors (Lipinski definition) is 1. The Balaban J connectivity index is 2.30. The second kappa shape index (κ2) is 4.47. The van der Waals surface area contributed by atoms with Crippen LogP contribution in [0.25, 0.3) is 16.9 Å². The van der Waals surface area contributed by atoms with Crippen molar-refractivity contribution < 1.29 is 4.39 Å². The molecule has 2 heterocycles. The third kappa shape index (κ3) is 1.85. The Morgan fingerprint density at radius 3 is 2.85 bits per heavy atom. The van der Waals surface area contributed by atoms with Gasteiger partial charge in [0.05, 0.1) is 22.3 Å². The molecule has 2 N–H and O–H groups in total. The van der Waals surface area contributed by atoms with E-state index in [0.29, 0.717) is 16.2 Å². The van der Waals surface area contributed by atoms with Crippen LogP contribution in [0.4, 0.5) is 10.3 Å². The number of aromatic nitrogens is 3. The molecule has 0 amide bonds. The lowest BCUT2D eigenvalue weighted by Crippen LogP contribution is -2.04. The van der Waals surface area contributed by atoms with Gasteiger partial charge < -0.3 is 5.73 Å². The predicted molar refractivity (Wildman–Crippen MR) is 73.0 cm³/mol. The van der Waals surface area contributed by atoms with E-state index < -0.39 is 5.82 Å². The highest BCUT2D eigenvalue weighted by atomic mass is 35.5. The van der Waals surface area contributed by atoms with Crippen molar-refractivity contribution in [3.63, 3.8) is 0 Å². The first-order valence-electron chi connectivity index (χ1n) is 5.59. The van der Waals surface area contributed by atoms with Crippen LogP contribution in [0.5, 0.6) is 0 Å². The summed E-state index contributed by atoms with van der Waals surface area (Å²) >= 11 is 5.83. The number of nitrogens with zero attached hydrogens (tertiary/aromatic N) is 4. The minimum Gasteiger partial charge on any atom is -0.369 e. The Morgan fingerprint density at radius 1 is 1.35 bits per heavy atom. The zero-order valence-corrected chi connectivity index (χ0v) is 10.8. The molecule has 2 aromatic heterocycles. The molecular weight excluding hydrogens is 281 g/mol. The summed E-state index contributed by atoms with van der Waals surface area (Å²) in [5.74, 6) is -0.481. The average molecular weight is 288 g/mol. The highest BCUT2D eigenvalue weighted by Gasteiger charge is 2.15. The second-order valence-corrected chi connectivity index (χ2v) is 4.52. The van der Waals surface area contributed by atoms with E-state index in [-0.39, 0.29) is 17.2 Å². The predicted octanol–water partition coefficient (Wildman–Crippen LogP) is 2.67. The fourth-order valence-electron chi connectivity index (χ4n) is 1.95. The fourth-order valence-corrected chi connectivity index (χ4v) is 2.11. The maximum atomic E-state index is 14.1. The van der Waals surface area contributed by atoms with Gasteiger partial charge in [-0.3, -0.25) is 4.57 Å². The molecule has 20 heavy (non-hydrogen) atoms. The number of halogens is 2. The number of pyridine rings is 1. The van der Waals surface area contributed by atoms with Crippen molar-refractivity contribution in [2.75, 3.05) is 5.73 Å². The van der Waals surface area contributed by atoms with Crippen LogP contribution in [-0.4, -0.2) is 14.5 Å². The molecule has 3 aromatic rings. The minimum absolute atomic E-state index is 0.0957. The molecule has 0 bridgehead atoms. The minimum atomic E-state index is -0.577. The Labute approximate surface area is 118 Å². The first kappa shape index (κ1) is 12.4. The van der Waals surface area contributed by atoms with Crippen LogP contribution in [0.1, 0.15) is 5.56 Å². The Bertz CT molecular complexity index is 865. The molecule has 0 saturated heterocycles. The number of nitrogen functional groups attached to an aromatic ring is 1. The van der Waals surface area contributed by atoms with Crippen LogP contribution in [0.2, 0.25) is 5.02 Å². The SMILES string of the molecule is N#Cc1ccc(-n2c(N)nc3cc(Cl)cnc32)c(F)c1. The van der Waals surface area contributed by atoms with Gasteiger partial charge in [-0.2, -0.15) is 5.26 Å². The van der Waals surface area contributed by atoms with E-state index in [9.17, 15) is 4.39 Å². The highest BCUT2D eigenvalue weighted by Crippen LogP contribution is 2.25. The maximum absolute atomic E-state index is 14.1. The standard InChI is InChI=1S/C13H7ClFN5/c14-8-4-10-12(18-6-8)20(13(17)19-10)11-2-1-7(5-16)3-9(11)15/h1-4,6H,(H2,17,19). The quantitative estimate of drug-likeness (QED) is 0.746. The van der Waals surface area contributed by atoms with Gasteiger partial charge >= 0.3 is 0 Å². The van der Waals surface area contributed by atoms with E-state index in [2.05, 4.69) is 9.97 Å². The molecule has 0 unspecified atom stereocenters. The zero-order valence-electron chi connectivity index (χ0n) is 10.0. The second-order valence-electron chi connectivity index (χ2n) is 4.08. The van der Waals surface area contributed by atoms with Gasteiger partial charge in [-0.25, -0.2) is 14.4 Å². The first-order chi connectivity index (χ1) is 9.60. The van der Waals surface area contributed by atoms with E-state index in [0.717, 1.165) is 6.07 Å². The molecule has 0 fully saturated rings. The van der Waals surface area contributed by atoms with Gasteiger partial charge in [0.15, 0.2) is 5.65 Å². The lowest BCUT2D eigenvalue weighted by Gasteiger charge is -2.07. The molecule has 5 nitrogen and oxygen atoms in total. The molecule has 7 heteroatoms. The van der Waals surface area contributed by atoms with Crippen molar-refractivity contribution in [3.05, 3.63) is 46.9 Å². The number of nitriles is 1. The van der Waals surface area contributed by atoms with Gasteiger partial charge in [-0.05, 0) is 24.3 Å². The summed E-state index contributed by atoms with van der Waals surface area (Å²) in [6, 6.07) is 7.56. The van der Waals surface area contributed by atoms with Gasteiger partial charge in [-0.15, -0.1) is 0 Å². The summed E-state index contributed by atoms with van der Waals surface area (Å²) in [5.41, 5.74) is 7.09. The van der Waals surface area contributed by atoms with Crippen LogP contribution >= 0.6 is 11.6 Å². The first-order valence-corrected chi connectivity index (χ1v) is 5.97.